The van der Waals surface area contributed by atoms with Gasteiger partial charge in [-0.05, 0) is 36.1 Å². The monoisotopic (exact) mass is 211 g/mol. The summed E-state index contributed by atoms with van der Waals surface area (Å²) in [7, 11) is 0. The lowest BCUT2D eigenvalue weighted by atomic mass is 10.1. The Balaban J connectivity index is 1.89. The van der Waals surface area contributed by atoms with Crippen molar-refractivity contribution in [2.45, 2.75) is 32.4 Å². The summed E-state index contributed by atoms with van der Waals surface area (Å²) in [5.74, 6) is 1.41. The second-order valence-electron chi connectivity index (χ2n) is 4.07. The number of ether oxygens (including phenoxy) is 1. The molecule has 0 spiro atoms. The summed E-state index contributed by atoms with van der Waals surface area (Å²) in [6.45, 7) is 4.48. The third kappa shape index (κ3) is 2.51. The number of aryl methyl sites for hydroxylation is 1. The topological polar surface area (TPSA) is 78.9 Å². The van der Waals surface area contributed by atoms with Gasteiger partial charge in [-0.25, -0.2) is 4.68 Å². The van der Waals surface area contributed by atoms with Crippen LogP contribution < -0.4 is 5.73 Å². The van der Waals surface area contributed by atoms with Crippen LogP contribution in [0.3, 0.4) is 0 Å². The minimum absolute atomic E-state index is 0.111. The van der Waals surface area contributed by atoms with Gasteiger partial charge in [-0.3, -0.25) is 0 Å². The Kier molecular flexibility index (Phi) is 3.27. The van der Waals surface area contributed by atoms with Crippen LogP contribution in [-0.2, 0) is 11.3 Å². The number of hydrogen-bond acceptors (Lipinski definition) is 5. The van der Waals surface area contributed by atoms with Crippen molar-refractivity contribution < 1.29 is 4.74 Å². The molecule has 1 aliphatic rings. The normalized spacial score (nSPS) is 23.2. The van der Waals surface area contributed by atoms with Gasteiger partial charge in [0.1, 0.15) is 0 Å². The van der Waals surface area contributed by atoms with E-state index in [-0.39, 0.29) is 6.04 Å². The largest absolute Gasteiger partial charge is 0.381 e. The first-order chi connectivity index (χ1) is 7.27. The molecule has 0 aliphatic carbocycles. The van der Waals surface area contributed by atoms with Gasteiger partial charge in [-0.2, -0.15) is 0 Å². The fourth-order valence-corrected chi connectivity index (χ4v) is 1.81. The van der Waals surface area contributed by atoms with Gasteiger partial charge in [0.15, 0.2) is 5.82 Å². The van der Waals surface area contributed by atoms with Crippen LogP contribution in [0, 0.1) is 5.92 Å². The molecule has 0 aromatic carbocycles. The fourth-order valence-electron chi connectivity index (χ4n) is 1.81. The van der Waals surface area contributed by atoms with Crippen molar-refractivity contribution in [3.8, 4) is 0 Å². The van der Waals surface area contributed by atoms with Gasteiger partial charge < -0.3 is 10.5 Å². The second-order valence-corrected chi connectivity index (χ2v) is 4.07. The van der Waals surface area contributed by atoms with Crippen LogP contribution in [0.25, 0.3) is 0 Å². The van der Waals surface area contributed by atoms with Crippen LogP contribution in [0.2, 0.25) is 0 Å². The summed E-state index contributed by atoms with van der Waals surface area (Å²) in [5.41, 5.74) is 5.75. The summed E-state index contributed by atoms with van der Waals surface area (Å²) in [4.78, 5) is 0. The maximum absolute atomic E-state index is 5.75. The lowest BCUT2D eigenvalue weighted by molar-refractivity contribution is 0.182. The predicted octanol–water partition coefficient (Wildman–Crippen LogP) is 0.119. The third-order valence-corrected chi connectivity index (χ3v) is 2.74. The van der Waals surface area contributed by atoms with Gasteiger partial charge in [0.2, 0.25) is 0 Å². The van der Waals surface area contributed by atoms with Crippen molar-refractivity contribution in [1.82, 2.24) is 20.2 Å². The van der Waals surface area contributed by atoms with E-state index in [0.717, 1.165) is 38.4 Å². The summed E-state index contributed by atoms with van der Waals surface area (Å²) < 4.78 is 7.11. The Hall–Kier alpha value is -1.01. The Labute approximate surface area is 88.8 Å². The van der Waals surface area contributed by atoms with Gasteiger partial charge in [-0.15, -0.1) is 5.10 Å². The molecule has 1 aromatic rings. The highest BCUT2D eigenvalue weighted by Gasteiger charge is 2.17. The Morgan fingerprint density at radius 1 is 1.67 bits per heavy atom. The molecule has 1 saturated heterocycles. The van der Waals surface area contributed by atoms with Crippen LogP contribution in [-0.4, -0.2) is 33.4 Å². The molecular formula is C9H17N5O. The first-order valence-electron chi connectivity index (χ1n) is 5.36. The number of hydrogen-bond donors (Lipinski definition) is 1. The van der Waals surface area contributed by atoms with E-state index >= 15 is 0 Å². The minimum atomic E-state index is -0.111. The number of nitrogens with zero attached hydrogens (tertiary/aromatic N) is 4. The standard InChI is InChI=1S/C9H17N5O/c1-7(10)9-11-12-13-14(9)4-2-8-3-5-15-6-8/h7-8H,2-6,10H2,1H3. The highest BCUT2D eigenvalue weighted by Crippen LogP contribution is 2.17. The van der Waals surface area contributed by atoms with Crippen molar-refractivity contribution >= 4 is 0 Å². The molecule has 0 radical (unpaired) electrons. The molecule has 1 aliphatic heterocycles. The van der Waals surface area contributed by atoms with Crippen molar-refractivity contribution in [3.05, 3.63) is 5.82 Å². The molecule has 1 aromatic heterocycles. The molecule has 0 saturated carbocycles. The Morgan fingerprint density at radius 3 is 3.20 bits per heavy atom. The average Bonchev–Trinajstić information content (AvgIpc) is 2.86. The fraction of sp³-hybridized carbons (Fsp3) is 0.889. The maximum Gasteiger partial charge on any atom is 0.167 e. The van der Waals surface area contributed by atoms with Gasteiger partial charge in [0.25, 0.3) is 0 Å². The quantitative estimate of drug-likeness (QED) is 0.765. The SMILES string of the molecule is CC(N)c1nnnn1CCC1CCOC1. The zero-order valence-electron chi connectivity index (χ0n) is 8.96. The molecule has 6 nitrogen and oxygen atoms in total. The molecule has 2 unspecified atom stereocenters. The molecule has 2 atom stereocenters. The van der Waals surface area contributed by atoms with Gasteiger partial charge in [0, 0.05) is 19.8 Å². The summed E-state index contributed by atoms with van der Waals surface area (Å²) in [5, 5.41) is 11.5. The van der Waals surface area contributed by atoms with Crippen LogP contribution in [0.15, 0.2) is 0 Å². The van der Waals surface area contributed by atoms with Gasteiger partial charge >= 0.3 is 0 Å². The zero-order valence-corrected chi connectivity index (χ0v) is 8.96. The molecular weight excluding hydrogens is 194 g/mol. The highest BCUT2D eigenvalue weighted by atomic mass is 16.5. The molecule has 1 fully saturated rings. The van der Waals surface area contributed by atoms with E-state index in [1.807, 2.05) is 6.92 Å². The number of rotatable bonds is 4. The van der Waals surface area contributed by atoms with E-state index in [1.165, 1.54) is 0 Å². The molecule has 0 amide bonds. The molecule has 84 valence electrons. The average molecular weight is 211 g/mol. The first kappa shape index (κ1) is 10.5. The minimum Gasteiger partial charge on any atom is -0.381 e. The Bertz CT molecular complexity index is 305. The van der Waals surface area contributed by atoms with Gasteiger partial charge in [0.05, 0.1) is 6.04 Å². The summed E-state index contributed by atoms with van der Waals surface area (Å²) >= 11 is 0. The van der Waals surface area contributed by atoms with Crippen LogP contribution in [0.4, 0.5) is 0 Å². The zero-order chi connectivity index (χ0) is 10.7. The molecule has 15 heavy (non-hydrogen) atoms. The molecule has 6 heteroatoms. The van der Waals surface area contributed by atoms with Crippen LogP contribution in [0.5, 0.6) is 0 Å². The summed E-state index contributed by atoms with van der Waals surface area (Å²) in [6.07, 6.45) is 2.21. The predicted molar refractivity (Wildman–Crippen MR) is 54.0 cm³/mol. The smallest absolute Gasteiger partial charge is 0.167 e. The van der Waals surface area contributed by atoms with Gasteiger partial charge in [-0.1, -0.05) is 0 Å². The maximum atomic E-state index is 5.75. The highest BCUT2D eigenvalue weighted by molar-refractivity contribution is 4.87. The Morgan fingerprint density at radius 2 is 2.53 bits per heavy atom. The van der Waals surface area contributed by atoms with Crippen LogP contribution in [0.1, 0.15) is 31.6 Å². The molecule has 2 rings (SSSR count). The van der Waals surface area contributed by atoms with Crippen molar-refractivity contribution in [1.29, 1.82) is 0 Å². The number of nitrogens with two attached hydrogens (primary N) is 1. The first-order valence-corrected chi connectivity index (χ1v) is 5.36. The number of tetrazole rings is 1. The van der Waals surface area contributed by atoms with E-state index in [9.17, 15) is 0 Å². The third-order valence-electron chi connectivity index (χ3n) is 2.74. The lowest BCUT2D eigenvalue weighted by Crippen LogP contribution is -2.16. The van der Waals surface area contributed by atoms with E-state index in [2.05, 4.69) is 15.5 Å². The van der Waals surface area contributed by atoms with E-state index in [1.54, 1.807) is 4.68 Å². The van der Waals surface area contributed by atoms with Crippen LogP contribution >= 0.6 is 0 Å². The van der Waals surface area contributed by atoms with E-state index in [0.29, 0.717) is 5.92 Å². The van der Waals surface area contributed by atoms with Crippen molar-refractivity contribution in [2.75, 3.05) is 13.2 Å². The lowest BCUT2D eigenvalue weighted by Gasteiger charge is -2.09. The second kappa shape index (κ2) is 4.67. The molecule has 2 heterocycles. The number of aromatic nitrogens is 4. The molecule has 2 N–H and O–H groups in total. The summed E-state index contributed by atoms with van der Waals surface area (Å²) in [6, 6.07) is -0.111. The van der Waals surface area contributed by atoms with E-state index < -0.39 is 0 Å². The van der Waals surface area contributed by atoms with Crippen molar-refractivity contribution in [2.24, 2.45) is 11.7 Å². The van der Waals surface area contributed by atoms with Crippen molar-refractivity contribution in [3.63, 3.8) is 0 Å². The molecule has 0 bridgehead atoms. The van der Waals surface area contributed by atoms with E-state index in [4.69, 9.17) is 10.5 Å².